The molecule has 40 heavy (non-hydrogen) atoms. The standard InChI is InChI=1S/C34H54N2O3.HI/c1-6-8-9-10-11-12-13-14-15-18-26-38-32-21-20-30(27-31(32)34(3,4)5)39-28-33(37)35-23-22-29-19-16-17-25-36(29)24-7-2;/h16-17,19-21,25,27H,6-15,18,22-24,26,28H2,1-5H3;1H. The first-order chi connectivity index (χ1) is 18.8. The molecule has 1 N–H and O–H groups in total. The van der Waals surface area contributed by atoms with E-state index in [1.54, 1.807) is 0 Å². The number of halogens is 1. The summed E-state index contributed by atoms with van der Waals surface area (Å²) in [6, 6.07) is 12.1. The number of unbranched alkanes of at least 4 members (excludes halogenated alkanes) is 9. The molecule has 0 spiro atoms. The van der Waals surface area contributed by atoms with Gasteiger partial charge < -0.3 is 38.8 Å². The molecule has 0 saturated carbocycles. The summed E-state index contributed by atoms with van der Waals surface area (Å²) < 4.78 is 14.3. The van der Waals surface area contributed by atoms with Crippen molar-refractivity contribution < 1.29 is 42.8 Å². The molecule has 0 aliphatic rings. The third-order valence-corrected chi connectivity index (χ3v) is 7.09. The molecule has 1 aromatic heterocycles. The zero-order chi connectivity index (χ0) is 28.3. The number of aromatic nitrogens is 1. The fraction of sp³-hybridized carbons (Fsp3) is 0.647. The molecule has 2 aromatic rings. The number of nitrogens with zero attached hydrogens (tertiary/aromatic N) is 1. The summed E-state index contributed by atoms with van der Waals surface area (Å²) in [4.78, 5) is 12.4. The van der Waals surface area contributed by atoms with Gasteiger partial charge in [0.15, 0.2) is 18.5 Å². The van der Waals surface area contributed by atoms with Gasteiger partial charge in [0.05, 0.1) is 6.61 Å². The maximum Gasteiger partial charge on any atom is 0.257 e. The first-order valence-corrected chi connectivity index (χ1v) is 15.5. The van der Waals surface area contributed by atoms with Crippen molar-refractivity contribution in [2.24, 2.45) is 0 Å². The van der Waals surface area contributed by atoms with E-state index in [-0.39, 0.29) is 41.9 Å². The molecule has 0 saturated heterocycles. The largest absolute Gasteiger partial charge is 1.00 e. The summed E-state index contributed by atoms with van der Waals surface area (Å²) in [5, 5.41) is 2.99. The van der Waals surface area contributed by atoms with Crippen LogP contribution in [0.3, 0.4) is 0 Å². The molecule has 0 atom stereocenters. The molecule has 5 nitrogen and oxygen atoms in total. The second-order valence-electron chi connectivity index (χ2n) is 11.7. The van der Waals surface area contributed by atoms with E-state index in [4.69, 9.17) is 9.47 Å². The minimum atomic E-state index is -0.105. The fourth-order valence-corrected chi connectivity index (χ4v) is 4.81. The highest BCUT2D eigenvalue weighted by Crippen LogP contribution is 2.34. The van der Waals surface area contributed by atoms with Crippen LogP contribution in [-0.4, -0.2) is 25.7 Å². The molecule has 0 radical (unpaired) electrons. The second kappa shape index (κ2) is 21.0. The molecular weight excluding hydrogens is 611 g/mol. The Hall–Kier alpha value is -1.83. The van der Waals surface area contributed by atoms with Crippen molar-refractivity contribution in [3.05, 3.63) is 53.9 Å². The highest BCUT2D eigenvalue weighted by atomic mass is 127. The Morgan fingerprint density at radius 2 is 1.52 bits per heavy atom. The van der Waals surface area contributed by atoms with E-state index < -0.39 is 0 Å². The number of nitrogens with one attached hydrogen (secondary N) is 1. The number of hydrogen-bond donors (Lipinski definition) is 1. The van der Waals surface area contributed by atoms with E-state index in [1.165, 1.54) is 63.5 Å². The lowest BCUT2D eigenvalue weighted by molar-refractivity contribution is -0.704. The van der Waals surface area contributed by atoms with E-state index in [9.17, 15) is 4.79 Å². The number of hydrogen-bond acceptors (Lipinski definition) is 3. The Morgan fingerprint density at radius 3 is 2.17 bits per heavy atom. The summed E-state index contributed by atoms with van der Waals surface area (Å²) in [6.45, 7) is 13.3. The lowest BCUT2D eigenvalue weighted by Crippen LogP contribution is -3.00. The number of benzene rings is 1. The monoisotopic (exact) mass is 666 g/mol. The second-order valence-corrected chi connectivity index (χ2v) is 11.7. The number of aryl methyl sites for hydroxylation is 1. The fourth-order valence-electron chi connectivity index (χ4n) is 4.81. The number of carbonyl (C=O) groups is 1. The van der Waals surface area contributed by atoms with E-state index in [2.05, 4.69) is 56.8 Å². The molecular formula is C34H55IN2O3. The maximum absolute atomic E-state index is 12.4. The van der Waals surface area contributed by atoms with Gasteiger partial charge in [-0.1, -0.05) is 98.5 Å². The molecule has 1 aromatic carbocycles. The Balaban J connectivity index is 0.00000800. The maximum atomic E-state index is 12.4. The van der Waals surface area contributed by atoms with Crippen LogP contribution in [0.2, 0.25) is 0 Å². The van der Waals surface area contributed by atoms with Gasteiger partial charge in [-0.05, 0) is 30.0 Å². The van der Waals surface area contributed by atoms with Crippen LogP contribution in [-0.2, 0) is 23.2 Å². The molecule has 0 bridgehead atoms. The normalized spacial score (nSPS) is 11.1. The van der Waals surface area contributed by atoms with E-state index in [0.29, 0.717) is 12.3 Å². The van der Waals surface area contributed by atoms with Crippen molar-refractivity contribution in [3.8, 4) is 11.5 Å². The lowest BCUT2D eigenvalue weighted by atomic mass is 9.86. The molecule has 226 valence electrons. The van der Waals surface area contributed by atoms with Crippen LogP contribution in [0.1, 0.15) is 117 Å². The Kier molecular flexibility index (Phi) is 19.0. The number of amides is 1. The minimum absolute atomic E-state index is 0. The summed E-state index contributed by atoms with van der Waals surface area (Å²) >= 11 is 0. The van der Waals surface area contributed by atoms with Crippen molar-refractivity contribution in [1.29, 1.82) is 0 Å². The summed E-state index contributed by atoms with van der Waals surface area (Å²) in [5.74, 6) is 1.51. The quantitative estimate of drug-likeness (QED) is 0.127. The van der Waals surface area contributed by atoms with Crippen molar-refractivity contribution >= 4 is 5.91 Å². The molecule has 6 heteroatoms. The Morgan fingerprint density at radius 1 is 0.850 bits per heavy atom. The van der Waals surface area contributed by atoms with Crippen molar-refractivity contribution in [1.82, 2.24) is 5.32 Å². The van der Waals surface area contributed by atoms with Crippen LogP contribution < -0.4 is 43.3 Å². The number of ether oxygens (including phenoxy) is 2. The molecule has 1 amide bonds. The zero-order valence-electron chi connectivity index (χ0n) is 25.9. The van der Waals surface area contributed by atoms with Crippen LogP contribution >= 0.6 is 0 Å². The molecule has 2 rings (SSSR count). The van der Waals surface area contributed by atoms with Gasteiger partial charge in [-0.15, -0.1) is 0 Å². The predicted octanol–water partition coefficient (Wildman–Crippen LogP) is 4.72. The number of carbonyl (C=O) groups excluding carboxylic acids is 1. The van der Waals surface area contributed by atoms with Crippen LogP contribution in [0.25, 0.3) is 0 Å². The average Bonchev–Trinajstić information content (AvgIpc) is 2.91. The van der Waals surface area contributed by atoms with E-state index in [1.807, 2.05) is 30.3 Å². The highest BCUT2D eigenvalue weighted by Gasteiger charge is 2.20. The summed E-state index contributed by atoms with van der Waals surface area (Å²) in [7, 11) is 0. The van der Waals surface area contributed by atoms with Crippen molar-refractivity contribution in [2.45, 2.75) is 124 Å². The van der Waals surface area contributed by atoms with Gasteiger partial charge in [0, 0.05) is 37.1 Å². The van der Waals surface area contributed by atoms with Gasteiger partial charge >= 0.3 is 0 Å². The predicted molar refractivity (Wildman–Crippen MR) is 162 cm³/mol. The lowest BCUT2D eigenvalue weighted by Gasteiger charge is -2.24. The summed E-state index contributed by atoms with van der Waals surface area (Å²) in [5.41, 5.74) is 2.25. The zero-order valence-corrected chi connectivity index (χ0v) is 28.1. The van der Waals surface area contributed by atoms with Crippen LogP contribution in [0.15, 0.2) is 42.6 Å². The first-order valence-electron chi connectivity index (χ1n) is 15.5. The summed E-state index contributed by atoms with van der Waals surface area (Å²) in [6.07, 6.45) is 17.1. The number of rotatable bonds is 20. The molecule has 1 heterocycles. The smallest absolute Gasteiger partial charge is 0.257 e. The molecule has 0 aliphatic heterocycles. The van der Waals surface area contributed by atoms with Gasteiger partial charge in [-0.25, -0.2) is 4.57 Å². The highest BCUT2D eigenvalue weighted by molar-refractivity contribution is 5.77. The van der Waals surface area contributed by atoms with Gasteiger partial charge in [0.25, 0.3) is 5.91 Å². The Bertz CT molecular complexity index is 958. The van der Waals surface area contributed by atoms with Crippen LogP contribution in [0.4, 0.5) is 0 Å². The molecule has 0 fully saturated rings. The third-order valence-electron chi connectivity index (χ3n) is 7.09. The topological polar surface area (TPSA) is 51.4 Å². The van der Waals surface area contributed by atoms with E-state index in [0.717, 1.165) is 43.7 Å². The number of pyridine rings is 1. The third kappa shape index (κ3) is 14.7. The SMILES string of the molecule is CCCCCCCCCCCCOc1ccc(OCC(=O)NCCc2cccc[n+]2CCC)cc1C(C)(C)C.[I-]. The average molecular weight is 667 g/mol. The van der Waals surface area contributed by atoms with Gasteiger partial charge in [-0.2, -0.15) is 0 Å². The van der Waals surface area contributed by atoms with Gasteiger partial charge in [-0.3, -0.25) is 4.79 Å². The molecule has 0 unspecified atom stereocenters. The Labute approximate surface area is 261 Å². The first kappa shape index (κ1) is 36.2. The van der Waals surface area contributed by atoms with Crippen molar-refractivity contribution in [2.75, 3.05) is 19.8 Å². The van der Waals surface area contributed by atoms with Crippen molar-refractivity contribution in [3.63, 3.8) is 0 Å². The van der Waals surface area contributed by atoms with Crippen LogP contribution in [0, 0.1) is 0 Å². The molecule has 0 aliphatic carbocycles. The minimum Gasteiger partial charge on any atom is -1.00 e. The van der Waals surface area contributed by atoms with Gasteiger partial charge in [0.2, 0.25) is 0 Å². The van der Waals surface area contributed by atoms with E-state index >= 15 is 0 Å². The van der Waals surface area contributed by atoms with Crippen LogP contribution in [0.5, 0.6) is 11.5 Å². The van der Waals surface area contributed by atoms with Gasteiger partial charge in [0.1, 0.15) is 18.0 Å².